The predicted octanol–water partition coefficient (Wildman–Crippen LogP) is 2.40. The molecular formula is C16H22O3. The van der Waals surface area contributed by atoms with Crippen LogP contribution in [0.25, 0.3) is 0 Å². The van der Waals surface area contributed by atoms with Gasteiger partial charge in [-0.15, -0.1) is 0 Å². The summed E-state index contributed by atoms with van der Waals surface area (Å²) in [5, 5.41) is 9.89. The van der Waals surface area contributed by atoms with E-state index in [4.69, 9.17) is 4.74 Å². The number of hydrogen-bond acceptors (Lipinski definition) is 2. The summed E-state index contributed by atoms with van der Waals surface area (Å²) >= 11 is 0. The molecule has 0 amide bonds. The van der Waals surface area contributed by atoms with Crippen molar-refractivity contribution in [2.45, 2.75) is 45.3 Å². The number of carboxylic acid groups (broad SMARTS) is 1. The molecule has 1 aliphatic heterocycles. The van der Waals surface area contributed by atoms with Crippen molar-refractivity contribution in [2.24, 2.45) is 46.8 Å². The molecule has 4 aliphatic carbocycles. The van der Waals surface area contributed by atoms with Gasteiger partial charge in [-0.1, -0.05) is 13.8 Å². The van der Waals surface area contributed by atoms with Gasteiger partial charge in [-0.05, 0) is 60.7 Å². The maximum Gasteiger partial charge on any atom is 0.310 e. The largest absolute Gasteiger partial charge is 0.481 e. The van der Waals surface area contributed by atoms with E-state index < -0.39 is 11.4 Å². The Morgan fingerprint density at radius 3 is 2.53 bits per heavy atom. The topological polar surface area (TPSA) is 49.8 Å². The summed E-state index contributed by atoms with van der Waals surface area (Å²) in [6, 6.07) is 0. The number of ether oxygens (including phenoxy) is 1. The second-order valence-electron chi connectivity index (χ2n) is 7.78. The minimum atomic E-state index is -0.524. The number of epoxide rings is 1. The number of rotatable bonds is 2. The monoisotopic (exact) mass is 262 g/mol. The maximum atomic E-state index is 12.0. The third-order valence-electron chi connectivity index (χ3n) is 7.97. The van der Waals surface area contributed by atoms with Gasteiger partial charge in [0.2, 0.25) is 0 Å². The molecule has 1 heterocycles. The molecule has 3 nitrogen and oxygen atoms in total. The molecule has 10 unspecified atom stereocenters. The third kappa shape index (κ3) is 0.940. The number of carbonyl (C=O) groups is 1. The fraction of sp³-hybridized carbons (Fsp3) is 0.938. The minimum absolute atomic E-state index is 0.359. The SMILES string of the molecule is CCC1(C(=O)O)C(C)C2CC1C1C3CC(C4OC34)C21. The Morgan fingerprint density at radius 1 is 1.21 bits per heavy atom. The highest BCUT2D eigenvalue weighted by Crippen LogP contribution is 2.77. The molecule has 0 aromatic heterocycles. The Labute approximate surface area is 113 Å². The van der Waals surface area contributed by atoms with Crippen molar-refractivity contribution in [3.8, 4) is 0 Å². The van der Waals surface area contributed by atoms with Crippen molar-refractivity contribution in [1.29, 1.82) is 0 Å². The lowest BCUT2D eigenvalue weighted by molar-refractivity contribution is -0.161. The summed E-state index contributed by atoms with van der Waals surface area (Å²) in [7, 11) is 0. The van der Waals surface area contributed by atoms with Gasteiger partial charge in [-0.3, -0.25) is 4.79 Å². The molecule has 0 aromatic rings. The van der Waals surface area contributed by atoms with Crippen molar-refractivity contribution in [1.82, 2.24) is 0 Å². The number of fused-ring (bicyclic) bond motifs is 12. The van der Waals surface area contributed by atoms with Crippen molar-refractivity contribution >= 4 is 5.97 Å². The molecule has 0 aromatic carbocycles. The molecule has 4 bridgehead atoms. The van der Waals surface area contributed by atoms with Crippen LogP contribution in [0.3, 0.4) is 0 Å². The van der Waals surface area contributed by atoms with Gasteiger partial charge >= 0.3 is 5.97 Å². The second kappa shape index (κ2) is 3.03. The van der Waals surface area contributed by atoms with E-state index in [1.807, 2.05) is 0 Å². The molecule has 5 fully saturated rings. The highest BCUT2D eigenvalue weighted by Gasteiger charge is 2.77. The minimum Gasteiger partial charge on any atom is -0.481 e. The molecule has 19 heavy (non-hydrogen) atoms. The Morgan fingerprint density at radius 2 is 1.89 bits per heavy atom. The first-order chi connectivity index (χ1) is 9.11. The normalized spacial score (nSPS) is 67.2. The van der Waals surface area contributed by atoms with E-state index in [0.29, 0.717) is 41.8 Å². The zero-order valence-electron chi connectivity index (χ0n) is 11.6. The van der Waals surface area contributed by atoms with Crippen LogP contribution in [-0.2, 0) is 9.53 Å². The molecule has 1 N–H and O–H groups in total. The first-order valence-electron chi connectivity index (χ1n) is 8.00. The highest BCUT2D eigenvalue weighted by molar-refractivity contribution is 5.76. The Kier molecular flexibility index (Phi) is 1.77. The summed E-state index contributed by atoms with van der Waals surface area (Å²) in [4.78, 5) is 12.0. The van der Waals surface area contributed by atoms with Gasteiger partial charge < -0.3 is 9.84 Å². The van der Waals surface area contributed by atoms with E-state index in [-0.39, 0.29) is 0 Å². The van der Waals surface area contributed by atoms with E-state index in [2.05, 4.69) is 13.8 Å². The molecule has 10 atom stereocenters. The van der Waals surface area contributed by atoms with Crippen molar-refractivity contribution in [2.75, 3.05) is 0 Å². The Bertz CT molecular complexity index is 475. The molecule has 4 saturated carbocycles. The molecule has 5 rings (SSSR count). The van der Waals surface area contributed by atoms with Crippen molar-refractivity contribution in [3.05, 3.63) is 0 Å². The molecule has 0 radical (unpaired) electrons. The number of hydrogen-bond donors (Lipinski definition) is 1. The molecule has 1 saturated heterocycles. The maximum absolute atomic E-state index is 12.0. The fourth-order valence-corrected chi connectivity index (χ4v) is 7.41. The van der Waals surface area contributed by atoms with Crippen LogP contribution >= 0.6 is 0 Å². The summed E-state index contributed by atoms with van der Waals surface area (Å²) in [6.07, 6.45) is 4.41. The second-order valence-corrected chi connectivity index (χ2v) is 7.78. The Balaban J connectivity index is 1.60. The van der Waals surface area contributed by atoms with E-state index in [1.165, 1.54) is 12.8 Å². The summed E-state index contributed by atoms with van der Waals surface area (Å²) in [6.45, 7) is 4.31. The third-order valence-corrected chi connectivity index (χ3v) is 7.97. The van der Waals surface area contributed by atoms with Crippen LogP contribution in [0.5, 0.6) is 0 Å². The lowest BCUT2D eigenvalue weighted by Gasteiger charge is -2.47. The molecular weight excluding hydrogens is 240 g/mol. The fourth-order valence-electron chi connectivity index (χ4n) is 7.41. The van der Waals surface area contributed by atoms with E-state index in [9.17, 15) is 9.90 Å². The summed E-state index contributed by atoms with van der Waals surface area (Å²) < 4.78 is 5.85. The van der Waals surface area contributed by atoms with Gasteiger partial charge in [0.1, 0.15) is 0 Å². The van der Waals surface area contributed by atoms with Gasteiger partial charge in [0.15, 0.2) is 0 Å². The van der Waals surface area contributed by atoms with E-state index in [0.717, 1.165) is 18.3 Å². The smallest absolute Gasteiger partial charge is 0.310 e. The zero-order chi connectivity index (χ0) is 13.1. The number of carboxylic acids is 1. The first-order valence-corrected chi connectivity index (χ1v) is 8.00. The van der Waals surface area contributed by atoms with Gasteiger partial charge in [0.05, 0.1) is 17.6 Å². The van der Waals surface area contributed by atoms with Crippen molar-refractivity contribution in [3.63, 3.8) is 0 Å². The summed E-state index contributed by atoms with van der Waals surface area (Å²) in [5.74, 6) is 3.88. The van der Waals surface area contributed by atoms with Crippen LogP contribution in [0.4, 0.5) is 0 Å². The van der Waals surface area contributed by atoms with E-state index >= 15 is 0 Å². The lowest BCUT2D eigenvalue weighted by atomic mass is 9.56. The Hall–Kier alpha value is -0.570. The predicted molar refractivity (Wildman–Crippen MR) is 68.4 cm³/mol. The molecule has 5 aliphatic rings. The van der Waals surface area contributed by atoms with Crippen LogP contribution in [0.2, 0.25) is 0 Å². The van der Waals surface area contributed by atoms with Crippen LogP contribution < -0.4 is 0 Å². The molecule has 3 heteroatoms. The molecule has 0 spiro atoms. The van der Waals surface area contributed by atoms with Gasteiger partial charge in [-0.2, -0.15) is 0 Å². The lowest BCUT2D eigenvalue weighted by Crippen LogP contribution is -2.50. The van der Waals surface area contributed by atoms with Gasteiger partial charge in [0, 0.05) is 0 Å². The standard InChI is InChI=1S/C16H22O3/c1-3-16(15(17)18)6(2)7-5-10(16)12-9-4-8(11(7)12)13-14(9)19-13/h6-14H,3-5H2,1-2H3,(H,17,18). The molecule has 104 valence electrons. The van der Waals surface area contributed by atoms with Crippen molar-refractivity contribution < 1.29 is 14.6 Å². The van der Waals surface area contributed by atoms with Crippen LogP contribution in [-0.4, -0.2) is 23.3 Å². The van der Waals surface area contributed by atoms with Gasteiger partial charge in [-0.25, -0.2) is 0 Å². The first kappa shape index (κ1) is 11.1. The van der Waals surface area contributed by atoms with Gasteiger partial charge in [0.25, 0.3) is 0 Å². The number of aliphatic carboxylic acids is 1. The van der Waals surface area contributed by atoms with Crippen LogP contribution in [0.1, 0.15) is 33.1 Å². The van der Waals surface area contributed by atoms with Crippen LogP contribution in [0.15, 0.2) is 0 Å². The van der Waals surface area contributed by atoms with E-state index in [1.54, 1.807) is 0 Å². The quantitative estimate of drug-likeness (QED) is 0.614. The highest BCUT2D eigenvalue weighted by atomic mass is 16.6. The summed E-state index contributed by atoms with van der Waals surface area (Å²) in [5.41, 5.74) is -0.430. The van der Waals surface area contributed by atoms with Crippen LogP contribution in [0, 0.1) is 46.8 Å². The average molecular weight is 262 g/mol. The zero-order valence-corrected chi connectivity index (χ0v) is 11.6. The average Bonchev–Trinajstić information content (AvgIpc) is 2.72.